The highest BCUT2D eigenvalue weighted by Crippen LogP contribution is 2.19. The van der Waals surface area contributed by atoms with E-state index in [1.807, 2.05) is 0 Å². The molecule has 1 N–H and O–H groups in total. The Morgan fingerprint density at radius 2 is 1.93 bits per heavy atom. The molecule has 0 atom stereocenters. The largest absolute Gasteiger partial charge is 0.326 e. The summed E-state index contributed by atoms with van der Waals surface area (Å²) in [7, 11) is -0.559. The third-order valence-corrected chi connectivity index (χ3v) is 5.81. The fourth-order valence-corrected chi connectivity index (χ4v) is 3.46. The number of carbonyl (C=O) groups is 1. The minimum Gasteiger partial charge on any atom is -0.326 e. The molecule has 1 amide bonds. The van der Waals surface area contributed by atoms with Crippen LogP contribution in [0.3, 0.4) is 0 Å². The molecule has 3 rings (SSSR count). The Bertz CT molecular complexity index is 1050. The number of benzene rings is 1. The van der Waals surface area contributed by atoms with Crippen LogP contribution in [-0.2, 0) is 21.4 Å². The number of fused-ring (bicyclic) bond motifs is 1. The lowest BCUT2D eigenvalue weighted by Crippen LogP contribution is -2.22. The van der Waals surface area contributed by atoms with Crippen molar-refractivity contribution in [1.82, 2.24) is 24.3 Å². The molecule has 2 heterocycles. The first-order valence-electron chi connectivity index (χ1n) is 8.33. The maximum atomic E-state index is 12.2. The molecular weight excluding hydrogens is 368 g/mol. The molecule has 0 bridgehead atoms. The minimum absolute atomic E-state index is 0.0926. The standard InChI is InChI=1S/C17H20N6O3S/c1-22(2)27(25,26)14-5-6-16-15(12-14)20-21-23(16)11-3-4-17(24)19-13-7-9-18-10-8-13/h5-10,12H,3-4,11H2,1-2H3,(H,18,19,24). The Hall–Kier alpha value is -2.85. The van der Waals surface area contributed by atoms with E-state index in [2.05, 4.69) is 20.6 Å². The predicted molar refractivity (Wildman–Crippen MR) is 101 cm³/mol. The first kappa shape index (κ1) is 18.9. The summed E-state index contributed by atoms with van der Waals surface area (Å²) < 4.78 is 27.2. The van der Waals surface area contributed by atoms with E-state index in [9.17, 15) is 13.2 Å². The van der Waals surface area contributed by atoms with Crippen LogP contribution in [0.4, 0.5) is 5.69 Å². The Balaban J connectivity index is 1.63. The van der Waals surface area contributed by atoms with Crippen LogP contribution in [0.5, 0.6) is 0 Å². The summed E-state index contributed by atoms with van der Waals surface area (Å²) >= 11 is 0. The van der Waals surface area contributed by atoms with E-state index in [4.69, 9.17) is 0 Å². The van der Waals surface area contributed by atoms with Crippen molar-refractivity contribution in [2.45, 2.75) is 24.3 Å². The number of pyridine rings is 1. The highest BCUT2D eigenvalue weighted by Gasteiger charge is 2.18. The summed E-state index contributed by atoms with van der Waals surface area (Å²) in [6.07, 6.45) is 4.13. The van der Waals surface area contributed by atoms with Gasteiger partial charge in [-0.2, -0.15) is 0 Å². The summed E-state index contributed by atoms with van der Waals surface area (Å²) in [6, 6.07) is 8.17. The van der Waals surface area contributed by atoms with Gasteiger partial charge in [0.25, 0.3) is 0 Å². The van der Waals surface area contributed by atoms with Crippen molar-refractivity contribution < 1.29 is 13.2 Å². The molecule has 142 valence electrons. The van der Waals surface area contributed by atoms with Crippen LogP contribution >= 0.6 is 0 Å². The number of anilines is 1. The van der Waals surface area contributed by atoms with Crippen molar-refractivity contribution in [3.8, 4) is 0 Å². The molecule has 0 spiro atoms. The molecule has 0 aliphatic carbocycles. The normalized spacial score (nSPS) is 11.8. The molecule has 2 aromatic heterocycles. The third kappa shape index (κ3) is 4.29. The molecule has 0 fully saturated rings. The van der Waals surface area contributed by atoms with Gasteiger partial charge in [0.1, 0.15) is 5.52 Å². The lowest BCUT2D eigenvalue weighted by molar-refractivity contribution is -0.116. The Kier molecular flexibility index (Phi) is 5.47. The van der Waals surface area contributed by atoms with Gasteiger partial charge in [0.15, 0.2) is 0 Å². The topological polar surface area (TPSA) is 110 Å². The van der Waals surface area contributed by atoms with E-state index >= 15 is 0 Å². The summed E-state index contributed by atoms with van der Waals surface area (Å²) in [6.45, 7) is 0.500. The molecule has 10 heteroatoms. The highest BCUT2D eigenvalue weighted by atomic mass is 32.2. The summed E-state index contributed by atoms with van der Waals surface area (Å²) in [4.78, 5) is 16.0. The second kappa shape index (κ2) is 7.80. The number of hydrogen-bond acceptors (Lipinski definition) is 6. The first-order valence-corrected chi connectivity index (χ1v) is 9.77. The van der Waals surface area contributed by atoms with E-state index in [0.717, 1.165) is 9.82 Å². The first-order chi connectivity index (χ1) is 12.9. The fraction of sp³-hybridized carbons (Fsp3) is 0.294. The molecule has 0 radical (unpaired) electrons. The van der Waals surface area contributed by atoms with Gasteiger partial charge in [0.05, 0.1) is 10.4 Å². The zero-order chi connectivity index (χ0) is 19.4. The van der Waals surface area contributed by atoms with Crippen LogP contribution < -0.4 is 5.32 Å². The summed E-state index contributed by atoms with van der Waals surface area (Å²) in [5.41, 5.74) is 1.93. The number of nitrogens with one attached hydrogen (secondary N) is 1. The van der Waals surface area contributed by atoms with Crippen LogP contribution in [-0.4, -0.2) is 52.7 Å². The molecule has 0 saturated carbocycles. The van der Waals surface area contributed by atoms with E-state index in [1.165, 1.54) is 26.2 Å². The van der Waals surface area contributed by atoms with Crippen LogP contribution in [0.15, 0.2) is 47.6 Å². The average Bonchev–Trinajstić information content (AvgIpc) is 3.05. The molecule has 0 saturated heterocycles. The molecule has 0 aliphatic heterocycles. The van der Waals surface area contributed by atoms with Crippen molar-refractivity contribution >= 4 is 32.7 Å². The summed E-state index contributed by atoms with van der Waals surface area (Å²) in [5.74, 6) is -0.0926. The smallest absolute Gasteiger partial charge is 0.242 e. The van der Waals surface area contributed by atoms with Crippen molar-refractivity contribution in [2.75, 3.05) is 19.4 Å². The van der Waals surface area contributed by atoms with Gasteiger partial charge in [-0.3, -0.25) is 9.78 Å². The van der Waals surface area contributed by atoms with Crippen LogP contribution in [0.25, 0.3) is 11.0 Å². The Labute approximate surface area is 157 Å². The SMILES string of the molecule is CN(C)S(=O)(=O)c1ccc2c(c1)nnn2CCCC(=O)Nc1ccncc1. The summed E-state index contributed by atoms with van der Waals surface area (Å²) in [5, 5.41) is 10.9. The number of hydrogen-bond donors (Lipinski definition) is 1. The number of sulfonamides is 1. The Morgan fingerprint density at radius 3 is 2.63 bits per heavy atom. The number of amides is 1. The molecule has 0 unspecified atom stereocenters. The fourth-order valence-electron chi connectivity index (χ4n) is 2.54. The minimum atomic E-state index is -3.52. The zero-order valence-electron chi connectivity index (χ0n) is 15.0. The second-order valence-corrected chi connectivity index (χ2v) is 8.29. The van der Waals surface area contributed by atoms with Crippen molar-refractivity contribution in [3.05, 3.63) is 42.7 Å². The average molecular weight is 388 g/mol. The molecule has 0 aliphatic rings. The molecule has 1 aromatic carbocycles. The van der Waals surface area contributed by atoms with E-state index < -0.39 is 10.0 Å². The van der Waals surface area contributed by atoms with Crippen LogP contribution in [0.2, 0.25) is 0 Å². The maximum Gasteiger partial charge on any atom is 0.242 e. The second-order valence-electron chi connectivity index (χ2n) is 6.14. The van der Waals surface area contributed by atoms with Crippen molar-refractivity contribution in [1.29, 1.82) is 0 Å². The molecular formula is C17H20N6O3S. The maximum absolute atomic E-state index is 12.2. The number of aromatic nitrogens is 4. The monoisotopic (exact) mass is 388 g/mol. The molecule has 27 heavy (non-hydrogen) atoms. The van der Waals surface area contributed by atoms with Gasteiger partial charge in [-0.15, -0.1) is 5.10 Å². The number of rotatable bonds is 7. The van der Waals surface area contributed by atoms with Crippen molar-refractivity contribution in [2.24, 2.45) is 0 Å². The zero-order valence-corrected chi connectivity index (χ0v) is 15.8. The van der Waals surface area contributed by atoms with Gasteiger partial charge in [-0.25, -0.2) is 17.4 Å². The van der Waals surface area contributed by atoms with E-state index in [-0.39, 0.29) is 10.8 Å². The van der Waals surface area contributed by atoms with Gasteiger partial charge in [0.2, 0.25) is 15.9 Å². The van der Waals surface area contributed by atoms with Gasteiger partial charge >= 0.3 is 0 Å². The number of nitrogens with zero attached hydrogens (tertiary/aromatic N) is 5. The molecule has 9 nitrogen and oxygen atoms in total. The highest BCUT2D eigenvalue weighted by molar-refractivity contribution is 7.89. The quantitative estimate of drug-likeness (QED) is 0.657. The van der Waals surface area contributed by atoms with Gasteiger partial charge in [-0.05, 0) is 36.8 Å². The molecule has 3 aromatic rings. The third-order valence-electron chi connectivity index (χ3n) is 4.00. The number of carbonyl (C=O) groups excluding carboxylic acids is 1. The van der Waals surface area contributed by atoms with Crippen LogP contribution in [0, 0.1) is 0 Å². The van der Waals surface area contributed by atoms with Gasteiger partial charge < -0.3 is 5.32 Å². The number of aryl methyl sites for hydroxylation is 1. The van der Waals surface area contributed by atoms with Gasteiger partial charge in [0, 0.05) is 45.1 Å². The predicted octanol–water partition coefficient (Wildman–Crippen LogP) is 1.50. The van der Waals surface area contributed by atoms with E-state index in [1.54, 1.807) is 35.3 Å². The Morgan fingerprint density at radius 1 is 1.19 bits per heavy atom. The van der Waals surface area contributed by atoms with E-state index in [0.29, 0.717) is 30.6 Å². The lowest BCUT2D eigenvalue weighted by atomic mass is 10.2. The van der Waals surface area contributed by atoms with Crippen molar-refractivity contribution in [3.63, 3.8) is 0 Å². The van der Waals surface area contributed by atoms with Gasteiger partial charge in [-0.1, -0.05) is 5.21 Å². The lowest BCUT2D eigenvalue weighted by Gasteiger charge is -2.11. The van der Waals surface area contributed by atoms with Crippen LogP contribution in [0.1, 0.15) is 12.8 Å².